The van der Waals surface area contributed by atoms with E-state index in [9.17, 15) is 34.2 Å². The highest BCUT2D eigenvalue weighted by Gasteiger charge is 2.31. The van der Waals surface area contributed by atoms with Gasteiger partial charge in [-0.1, -0.05) is 0 Å². The molecule has 0 saturated carbocycles. The van der Waals surface area contributed by atoms with Gasteiger partial charge in [-0.3, -0.25) is 24.2 Å². The number of guanidine groups is 1. The minimum atomic E-state index is -1.69. The molecule has 0 fully saturated rings. The number of carbonyl (C=O) groups excluding carboxylic acids is 3. The molecule has 4 atom stereocenters. The van der Waals surface area contributed by atoms with E-state index >= 15 is 0 Å². The Labute approximate surface area is 182 Å². The van der Waals surface area contributed by atoms with Crippen molar-refractivity contribution in [3.8, 4) is 0 Å². The average Bonchev–Trinajstić information content (AvgIpc) is 2.71. The first-order valence-electron chi connectivity index (χ1n) is 9.31. The van der Waals surface area contributed by atoms with Crippen LogP contribution in [0.5, 0.6) is 0 Å². The minimum absolute atomic E-state index is 0.0688. The van der Waals surface area contributed by atoms with E-state index in [4.69, 9.17) is 27.4 Å². The van der Waals surface area contributed by atoms with Crippen LogP contribution >= 0.6 is 0 Å². The van der Waals surface area contributed by atoms with E-state index in [0.29, 0.717) is 0 Å². The van der Waals surface area contributed by atoms with Crippen molar-refractivity contribution in [2.45, 2.75) is 43.4 Å². The topological polar surface area (TPSA) is 293 Å². The molecular weight excluding hydrogens is 434 g/mol. The molecule has 4 unspecified atom stereocenters. The number of carbonyl (C=O) groups is 5. The Morgan fingerprint density at radius 2 is 1.34 bits per heavy atom. The van der Waals surface area contributed by atoms with Crippen LogP contribution in [0, 0.1) is 0 Å². The maximum atomic E-state index is 12.4. The van der Waals surface area contributed by atoms with E-state index < -0.39 is 73.5 Å². The van der Waals surface area contributed by atoms with Crippen molar-refractivity contribution in [2.24, 2.45) is 22.2 Å². The Balaban J connectivity index is 5.15. The lowest BCUT2D eigenvalue weighted by molar-refractivity contribution is -0.143. The van der Waals surface area contributed by atoms with Crippen molar-refractivity contribution in [2.75, 3.05) is 19.8 Å². The van der Waals surface area contributed by atoms with Crippen LogP contribution in [0.3, 0.4) is 0 Å². The third-order valence-corrected chi connectivity index (χ3v) is 3.92. The van der Waals surface area contributed by atoms with Crippen molar-refractivity contribution >= 4 is 35.6 Å². The molecule has 13 N–H and O–H groups in total. The van der Waals surface area contributed by atoms with Gasteiger partial charge in [0, 0.05) is 6.54 Å². The van der Waals surface area contributed by atoms with E-state index in [1.165, 1.54) is 0 Å². The van der Waals surface area contributed by atoms with Gasteiger partial charge in [0.1, 0.15) is 24.2 Å². The first-order valence-corrected chi connectivity index (χ1v) is 9.31. The summed E-state index contributed by atoms with van der Waals surface area (Å²) in [6.45, 7) is -1.62. The summed E-state index contributed by atoms with van der Waals surface area (Å²) in [4.78, 5) is 62.4. The fourth-order valence-corrected chi connectivity index (χ4v) is 2.25. The number of rotatable bonds is 15. The first-order chi connectivity index (χ1) is 14.9. The summed E-state index contributed by atoms with van der Waals surface area (Å²) in [6, 6.07) is -6.15. The van der Waals surface area contributed by atoms with Crippen LogP contribution in [0.1, 0.15) is 19.3 Å². The van der Waals surface area contributed by atoms with Crippen LogP contribution in [0.25, 0.3) is 0 Å². The molecular formula is C16H29N7O9. The Morgan fingerprint density at radius 3 is 1.81 bits per heavy atom. The van der Waals surface area contributed by atoms with Crippen LogP contribution in [0.15, 0.2) is 4.99 Å². The number of carboxylic acids is 2. The molecule has 16 heteroatoms. The zero-order chi connectivity index (χ0) is 24.8. The summed E-state index contributed by atoms with van der Waals surface area (Å²) in [5.41, 5.74) is 15.6. The number of aliphatic hydroxyl groups excluding tert-OH is 2. The highest BCUT2D eigenvalue weighted by Crippen LogP contribution is 2.01. The van der Waals surface area contributed by atoms with Gasteiger partial charge in [-0.25, -0.2) is 4.79 Å². The number of nitrogens with one attached hydrogen (secondary N) is 3. The third-order valence-electron chi connectivity index (χ3n) is 3.92. The Bertz CT molecular complexity index is 712. The molecule has 0 aromatic heterocycles. The SMILES string of the molecule is NC(N)=NCCCC(NC(=O)C(CO)NC(=O)C(CC(=O)O)NC(=O)C(N)CO)C(=O)O. The standard InChI is InChI=1S/C16H29N7O9/c17-7(5-24)12(28)22-9(4-11(26)27)13(29)23-10(6-25)14(30)21-8(15(31)32)2-1-3-20-16(18)19/h7-10,24-25H,1-6,17H2,(H,21,30)(H,22,28)(H,23,29)(H,26,27)(H,31,32)(H4,18,19,20). The van der Waals surface area contributed by atoms with Gasteiger partial charge in [0.25, 0.3) is 0 Å². The zero-order valence-electron chi connectivity index (χ0n) is 17.1. The molecule has 0 rings (SSSR count). The molecule has 0 aromatic carbocycles. The van der Waals surface area contributed by atoms with Gasteiger partial charge in [0.05, 0.1) is 19.6 Å². The summed E-state index contributed by atoms with van der Waals surface area (Å²) >= 11 is 0. The number of carboxylic acid groups (broad SMARTS) is 2. The van der Waals surface area contributed by atoms with Gasteiger partial charge >= 0.3 is 11.9 Å². The van der Waals surface area contributed by atoms with Crippen LogP contribution in [0.4, 0.5) is 0 Å². The fraction of sp³-hybridized carbons (Fsp3) is 0.625. The number of hydrogen-bond acceptors (Lipinski definition) is 9. The Hall–Kier alpha value is -3.50. The van der Waals surface area contributed by atoms with Crippen LogP contribution in [-0.4, -0.2) is 100.0 Å². The molecule has 32 heavy (non-hydrogen) atoms. The molecule has 0 aliphatic rings. The molecule has 0 saturated heterocycles. The maximum absolute atomic E-state index is 12.4. The summed E-state index contributed by atoms with van der Waals surface area (Å²) in [5, 5.41) is 42.6. The number of hydrogen-bond donors (Lipinski definition) is 10. The molecule has 0 spiro atoms. The third kappa shape index (κ3) is 11.0. The second-order valence-electron chi connectivity index (χ2n) is 6.54. The van der Waals surface area contributed by atoms with E-state index in [1.54, 1.807) is 0 Å². The smallest absolute Gasteiger partial charge is 0.326 e. The lowest BCUT2D eigenvalue weighted by Gasteiger charge is -2.23. The summed E-state index contributed by atoms with van der Waals surface area (Å²) in [7, 11) is 0. The van der Waals surface area contributed by atoms with E-state index in [0.717, 1.165) is 0 Å². The number of aliphatic carboxylic acids is 2. The highest BCUT2D eigenvalue weighted by atomic mass is 16.4. The summed E-state index contributed by atoms with van der Waals surface area (Å²) < 4.78 is 0. The lowest BCUT2D eigenvalue weighted by atomic mass is 10.1. The predicted molar refractivity (Wildman–Crippen MR) is 108 cm³/mol. The van der Waals surface area contributed by atoms with E-state index in [1.807, 2.05) is 10.6 Å². The van der Waals surface area contributed by atoms with Crippen molar-refractivity contribution in [1.82, 2.24) is 16.0 Å². The van der Waals surface area contributed by atoms with Crippen molar-refractivity contribution in [3.05, 3.63) is 0 Å². The number of aliphatic hydroxyl groups is 2. The van der Waals surface area contributed by atoms with Crippen LogP contribution in [0.2, 0.25) is 0 Å². The summed E-state index contributed by atoms with van der Waals surface area (Å²) in [5.74, 6) is -6.29. The second-order valence-corrected chi connectivity index (χ2v) is 6.54. The van der Waals surface area contributed by atoms with Crippen molar-refractivity contribution < 1.29 is 44.4 Å². The van der Waals surface area contributed by atoms with Crippen molar-refractivity contribution in [3.63, 3.8) is 0 Å². The molecule has 0 bridgehead atoms. The number of aliphatic imine (C=N–C) groups is 1. The van der Waals surface area contributed by atoms with E-state index in [-0.39, 0.29) is 25.3 Å². The molecule has 0 radical (unpaired) electrons. The normalized spacial score (nSPS) is 14.2. The maximum Gasteiger partial charge on any atom is 0.326 e. The van der Waals surface area contributed by atoms with Gasteiger partial charge < -0.3 is 53.6 Å². The quantitative estimate of drug-likeness (QED) is 0.0617. The van der Waals surface area contributed by atoms with Crippen molar-refractivity contribution in [1.29, 1.82) is 0 Å². The van der Waals surface area contributed by atoms with E-state index in [2.05, 4.69) is 10.3 Å². The molecule has 3 amide bonds. The Morgan fingerprint density at radius 1 is 0.812 bits per heavy atom. The predicted octanol–water partition coefficient (Wildman–Crippen LogP) is -5.63. The summed E-state index contributed by atoms with van der Waals surface area (Å²) in [6.07, 6.45) is -0.762. The second kappa shape index (κ2) is 14.5. The number of nitrogens with two attached hydrogens (primary N) is 3. The van der Waals surface area contributed by atoms with Gasteiger partial charge in [0.2, 0.25) is 17.7 Å². The minimum Gasteiger partial charge on any atom is -0.481 e. The van der Waals surface area contributed by atoms with Gasteiger partial charge in [0.15, 0.2) is 5.96 Å². The van der Waals surface area contributed by atoms with Gasteiger partial charge in [-0.15, -0.1) is 0 Å². The highest BCUT2D eigenvalue weighted by molar-refractivity contribution is 5.95. The molecule has 0 aliphatic heterocycles. The molecule has 182 valence electrons. The van der Waals surface area contributed by atoms with Crippen LogP contribution in [-0.2, 0) is 24.0 Å². The number of amides is 3. The zero-order valence-corrected chi connectivity index (χ0v) is 17.1. The van der Waals surface area contributed by atoms with Gasteiger partial charge in [-0.2, -0.15) is 0 Å². The average molecular weight is 463 g/mol. The molecule has 0 aliphatic carbocycles. The fourth-order valence-electron chi connectivity index (χ4n) is 2.25. The van der Waals surface area contributed by atoms with Crippen LogP contribution < -0.4 is 33.2 Å². The Kier molecular flexibility index (Phi) is 12.9. The molecule has 0 aromatic rings. The number of nitrogens with zero attached hydrogens (tertiary/aromatic N) is 1. The lowest BCUT2D eigenvalue weighted by Crippen LogP contribution is -2.58. The largest absolute Gasteiger partial charge is 0.481 e. The molecule has 16 nitrogen and oxygen atoms in total. The van der Waals surface area contributed by atoms with Gasteiger partial charge in [-0.05, 0) is 12.8 Å². The monoisotopic (exact) mass is 463 g/mol. The first kappa shape index (κ1) is 28.5. The molecule has 0 heterocycles.